The van der Waals surface area contributed by atoms with Gasteiger partial charge in [0.15, 0.2) is 0 Å². The predicted octanol–water partition coefficient (Wildman–Crippen LogP) is 7.27. The molecule has 0 atom stereocenters. The molecule has 10 heteroatoms. The third-order valence-electron chi connectivity index (χ3n) is 8.59. The molecule has 0 amide bonds. The van der Waals surface area contributed by atoms with Crippen molar-refractivity contribution in [2.24, 2.45) is 0 Å². The molecule has 1 aliphatic rings. The number of benzene rings is 2. The number of anilines is 2. The van der Waals surface area contributed by atoms with Crippen LogP contribution in [0, 0.1) is 0 Å². The number of fused-ring (bicyclic) bond motifs is 2. The van der Waals surface area contributed by atoms with Gasteiger partial charge in [0.25, 0.3) is 5.82 Å². The molecule has 0 N–H and O–H groups in total. The third kappa shape index (κ3) is 15.0. The van der Waals surface area contributed by atoms with E-state index in [0.717, 1.165) is 54.5 Å². The van der Waals surface area contributed by atoms with Crippen molar-refractivity contribution in [2.75, 3.05) is 139 Å². The Hall–Kier alpha value is -2.70. The van der Waals surface area contributed by atoms with Crippen LogP contribution in [0.5, 0.6) is 0 Å². The van der Waals surface area contributed by atoms with E-state index in [-0.39, 0.29) is 22.3 Å². The second kappa shape index (κ2) is 23.2. The van der Waals surface area contributed by atoms with E-state index in [1.807, 2.05) is 11.8 Å². The maximum absolute atomic E-state index is 6.15. The fourth-order valence-electron chi connectivity index (χ4n) is 6.02. The molecule has 4 rings (SSSR count). The summed E-state index contributed by atoms with van der Waals surface area (Å²) in [6, 6.07) is 19.9. The minimum absolute atomic E-state index is 0. The van der Waals surface area contributed by atoms with Crippen LogP contribution in [0.25, 0.3) is 17.0 Å². The summed E-state index contributed by atoms with van der Waals surface area (Å²) in [5.74, 6) is 1.25. The average molecular weight is 745 g/mol. The molecule has 0 spiro atoms. The smallest absolute Gasteiger partial charge is 0.277 e. The first-order valence-corrected chi connectivity index (χ1v) is 18.5. The first-order valence-electron chi connectivity index (χ1n) is 17.7. The summed E-state index contributed by atoms with van der Waals surface area (Å²) >= 11 is 1.85. The number of ether oxygens (including phenoxy) is 4. The van der Waals surface area contributed by atoms with E-state index in [4.69, 9.17) is 18.9 Å². The Morgan fingerprint density at radius 2 is 1.27 bits per heavy atom. The van der Waals surface area contributed by atoms with Crippen LogP contribution in [-0.4, -0.2) is 138 Å². The van der Waals surface area contributed by atoms with Crippen molar-refractivity contribution in [3.63, 3.8) is 0 Å². The highest BCUT2D eigenvalue weighted by Crippen LogP contribution is 2.45. The number of pyridine rings is 1. The molecule has 2 aromatic carbocycles. The summed E-state index contributed by atoms with van der Waals surface area (Å²) < 4.78 is 26.8. The van der Waals surface area contributed by atoms with Crippen molar-refractivity contribution in [3.8, 4) is 0 Å². The summed E-state index contributed by atoms with van der Waals surface area (Å²) in [6.07, 6.45) is 4.62. The predicted molar refractivity (Wildman–Crippen MR) is 225 cm³/mol. The molecule has 0 unspecified atom stereocenters. The van der Waals surface area contributed by atoms with Gasteiger partial charge in [-0.3, -0.25) is 4.90 Å². The van der Waals surface area contributed by atoms with Crippen molar-refractivity contribution in [1.29, 1.82) is 0 Å². The minimum Gasteiger partial charge on any atom is -0.382 e. The molecule has 0 radical (unpaired) electrons. The van der Waals surface area contributed by atoms with Gasteiger partial charge in [-0.1, -0.05) is 64.4 Å². The molecule has 0 bridgehead atoms. The molecule has 1 aromatic heterocycles. The highest BCUT2D eigenvalue weighted by atomic mass is 32.2. The normalized spacial score (nSPS) is 13.5. The van der Waals surface area contributed by atoms with E-state index >= 15 is 0 Å². The van der Waals surface area contributed by atoms with Gasteiger partial charge in [0, 0.05) is 43.3 Å². The van der Waals surface area contributed by atoms with Gasteiger partial charge in [0.05, 0.1) is 125 Å². The number of quaternary nitrogens is 2. The number of para-hydroxylation sites is 2. The molecule has 9 nitrogen and oxygen atoms in total. The van der Waals surface area contributed by atoms with Crippen molar-refractivity contribution >= 4 is 40.2 Å². The maximum atomic E-state index is 6.15. The van der Waals surface area contributed by atoms with E-state index < -0.39 is 0 Å². The standard InChI is InChI=1S/C39H62N5O4S.3CH4/c1-40-36-17-11-12-18-37(36)49-39(40)32-33-31-38(41(19-13-22-43(2,3)4)20-14-23-44(5,6)7)42(35-16-10-9-15-34(33)35)21-24-46-27-28-48-30-29-47-26-25-45-8;;;/h9-12,15-18,31-32H,13-14,19-30H2,1-8H3;3*1H4/q+3;;;. The van der Waals surface area contributed by atoms with Crippen LogP contribution in [0.1, 0.15) is 40.7 Å². The molecule has 0 saturated heterocycles. The maximum Gasteiger partial charge on any atom is 0.277 e. The van der Waals surface area contributed by atoms with Gasteiger partial charge < -0.3 is 32.8 Å². The Labute approximate surface area is 322 Å². The van der Waals surface area contributed by atoms with Crippen molar-refractivity contribution in [3.05, 3.63) is 65.2 Å². The van der Waals surface area contributed by atoms with Gasteiger partial charge in [-0.25, -0.2) is 4.57 Å². The Bertz CT molecular complexity index is 1470. The molecule has 0 fully saturated rings. The Morgan fingerprint density at radius 3 is 1.85 bits per heavy atom. The molecule has 0 saturated carbocycles. The quantitative estimate of drug-likeness (QED) is 0.0610. The van der Waals surface area contributed by atoms with Gasteiger partial charge in [-0.2, -0.15) is 0 Å². The van der Waals surface area contributed by atoms with E-state index in [9.17, 15) is 0 Å². The molecule has 0 aliphatic carbocycles. The monoisotopic (exact) mass is 745 g/mol. The lowest BCUT2D eigenvalue weighted by molar-refractivity contribution is -0.870. The van der Waals surface area contributed by atoms with Crippen LogP contribution in [0.3, 0.4) is 0 Å². The second-order valence-electron chi connectivity index (χ2n) is 14.8. The summed E-state index contributed by atoms with van der Waals surface area (Å²) in [6.45, 7) is 9.02. The number of hydrogen-bond donors (Lipinski definition) is 0. The lowest BCUT2D eigenvalue weighted by atomic mass is 10.1. The van der Waals surface area contributed by atoms with Gasteiger partial charge in [-0.15, -0.1) is 0 Å². The van der Waals surface area contributed by atoms with Gasteiger partial charge in [0.1, 0.15) is 12.1 Å². The summed E-state index contributed by atoms with van der Waals surface area (Å²) in [7, 11) is 17.6. The average Bonchev–Trinajstić information content (AvgIpc) is 3.37. The fraction of sp³-hybridized carbons (Fsp3) is 0.595. The zero-order valence-electron chi connectivity index (χ0n) is 31.5. The lowest BCUT2D eigenvalue weighted by Crippen LogP contribution is -2.47. The highest BCUT2D eigenvalue weighted by Gasteiger charge is 2.27. The number of rotatable bonds is 22. The van der Waals surface area contributed by atoms with E-state index in [1.54, 1.807) is 7.11 Å². The van der Waals surface area contributed by atoms with Crippen LogP contribution < -0.4 is 14.4 Å². The SMILES string of the molecule is C.C.C.COCCOCCOCCOCC[n+]1c(N(CCC[N+](C)(C)C)CCC[N+](C)(C)C)cc(C=C2Sc3ccccc3N2C)c2ccccc21. The first-order chi connectivity index (χ1) is 23.5. The fourth-order valence-corrected chi connectivity index (χ4v) is 7.12. The van der Waals surface area contributed by atoms with Gasteiger partial charge in [0.2, 0.25) is 0 Å². The minimum atomic E-state index is 0. The Kier molecular flexibility index (Phi) is 21.1. The molecule has 2 heterocycles. The van der Waals surface area contributed by atoms with E-state index in [1.165, 1.54) is 37.9 Å². The number of aromatic nitrogens is 1. The lowest BCUT2D eigenvalue weighted by Gasteiger charge is -2.28. The molecule has 52 heavy (non-hydrogen) atoms. The van der Waals surface area contributed by atoms with Crippen molar-refractivity contribution < 1.29 is 32.5 Å². The van der Waals surface area contributed by atoms with Crippen LogP contribution in [0.4, 0.5) is 11.5 Å². The third-order valence-corrected chi connectivity index (χ3v) is 9.76. The summed E-state index contributed by atoms with van der Waals surface area (Å²) in [4.78, 5) is 6.25. The topological polar surface area (TPSA) is 47.3 Å². The van der Waals surface area contributed by atoms with Crippen LogP contribution >= 0.6 is 11.8 Å². The number of hydrogen-bond acceptors (Lipinski definition) is 7. The number of nitrogens with zero attached hydrogens (tertiary/aromatic N) is 5. The first kappa shape index (κ1) is 47.3. The zero-order valence-corrected chi connectivity index (χ0v) is 32.3. The van der Waals surface area contributed by atoms with Crippen LogP contribution in [0.2, 0.25) is 0 Å². The second-order valence-corrected chi connectivity index (χ2v) is 15.9. The van der Waals surface area contributed by atoms with Crippen molar-refractivity contribution in [1.82, 2.24) is 0 Å². The van der Waals surface area contributed by atoms with Crippen LogP contribution in [-0.2, 0) is 25.5 Å². The van der Waals surface area contributed by atoms with E-state index in [2.05, 4.69) is 124 Å². The van der Waals surface area contributed by atoms with Crippen molar-refractivity contribution in [2.45, 2.75) is 46.6 Å². The number of thioether (sulfide) groups is 1. The number of methoxy groups -OCH3 is 1. The summed E-state index contributed by atoms with van der Waals surface area (Å²) in [5, 5.41) is 2.49. The zero-order chi connectivity index (χ0) is 35.3. The van der Waals surface area contributed by atoms with Gasteiger partial charge >= 0.3 is 0 Å². The molecule has 1 aliphatic heterocycles. The molecular weight excluding hydrogens is 671 g/mol. The molecule has 3 aromatic rings. The molecular formula is C42H74N5O4S+3. The van der Waals surface area contributed by atoms with Crippen LogP contribution in [0.15, 0.2) is 64.5 Å². The Balaban J connectivity index is 0.00000451. The van der Waals surface area contributed by atoms with Gasteiger partial charge in [-0.05, 0) is 29.8 Å². The van der Waals surface area contributed by atoms with E-state index in [0.29, 0.717) is 46.2 Å². The largest absolute Gasteiger partial charge is 0.382 e. The molecule has 294 valence electrons. The Morgan fingerprint density at radius 1 is 0.731 bits per heavy atom. The highest BCUT2D eigenvalue weighted by molar-refractivity contribution is 8.03. The summed E-state index contributed by atoms with van der Waals surface area (Å²) in [5.41, 5.74) is 3.73.